The van der Waals surface area contributed by atoms with E-state index in [9.17, 15) is 8.42 Å². The zero-order chi connectivity index (χ0) is 14.6. The van der Waals surface area contributed by atoms with Crippen LogP contribution < -0.4 is 9.62 Å². The summed E-state index contributed by atoms with van der Waals surface area (Å²) in [4.78, 5) is 8.09. The van der Waals surface area contributed by atoms with E-state index < -0.39 is 10.0 Å². The lowest BCUT2D eigenvalue weighted by molar-refractivity contribution is 0.594. The molecule has 1 N–H and O–H groups in total. The lowest BCUT2D eigenvalue weighted by Crippen LogP contribution is -2.28. The van der Waals surface area contributed by atoms with Crippen LogP contribution in [0.25, 0.3) is 0 Å². The molecule has 6 nitrogen and oxygen atoms in total. The molecule has 0 aliphatic heterocycles. The third-order valence-corrected chi connectivity index (χ3v) is 4.55. The zero-order valence-corrected chi connectivity index (χ0v) is 12.1. The summed E-state index contributed by atoms with van der Waals surface area (Å²) in [6.45, 7) is 2.53. The molecule has 106 valence electrons. The van der Waals surface area contributed by atoms with E-state index in [4.69, 9.17) is 0 Å². The minimum atomic E-state index is -3.70. The molecule has 0 bridgehead atoms. The molecule has 0 atom stereocenters. The van der Waals surface area contributed by atoms with Crippen molar-refractivity contribution < 1.29 is 8.42 Å². The molecule has 0 radical (unpaired) electrons. The molecule has 0 amide bonds. The standard InChI is InChI=1S/C13H16N4O2S/c1-3-15-11-7-9-14-10-12(11)20(18,19)17(2)13-6-4-5-8-16-13/h4-10H,3H2,1-2H3,(H,14,15). The summed E-state index contributed by atoms with van der Waals surface area (Å²) in [5.74, 6) is 0.360. The fourth-order valence-corrected chi connectivity index (χ4v) is 2.99. The number of sulfonamides is 1. The molecular weight excluding hydrogens is 276 g/mol. The number of hydrogen-bond donors (Lipinski definition) is 1. The first-order valence-electron chi connectivity index (χ1n) is 6.15. The van der Waals surface area contributed by atoms with E-state index in [1.54, 1.807) is 36.7 Å². The van der Waals surface area contributed by atoms with Gasteiger partial charge in [0.2, 0.25) is 0 Å². The highest BCUT2D eigenvalue weighted by Gasteiger charge is 2.25. The Labute approximate surface area is 118 Å². The number of nitrogens with one attached hydrogen (secondary N) is 1. The quantitative estimate of drug-likeness (QED) is 0.908. The second-order valence-electron chi connectivity index (χ2n) is 4.06. The summed E-state index contributed by atoms with van der Waals surface area (Å²) in [5, 5.41) is 3.02. The van der Waals surface area contributed by atoms with Gasteiger partial charge in [-0.15, -0.1) is 0 Å². The maximum absolute atomic E-state index is 12.6. The number of pyridine rings is 2. The number of rotatable bonds is 5. The van der Waals surface area contributed by atoms with Crippen molar-refractivity contribution in [3.63, 3.8) is 0 Å². The van der Waals surface area contributed by atoms with Gasteiger partial charge in [-0.05, 0) is 25.1 Å². The molecule has 0 aliphatic rings. The highest BCUT2D eigenvalue weighted by molar-refractivity contribution is 7.93. The molecule has 0 spiro atoms. The minimum Gasteiger partial charge on any atom is -0.384 e. The monoisotopic (exact) mass is 292 g/mol. The summed E-state index contributed by atoms with van der Waals surface area (Å²) in [5.41, 5.74) is 0.533. The molecule has 0 aromatic carbocycles. The van der Waals surface area contributed by atoms with Crippen LogP contribution in [0.3, 0.4) is 0 Å². The van der Waals surface area contributed by atoms with Gasteiger partial charge in [-0.2, -0.15) is 0 Å². The molecule has 0 fully saturated rings. The summed E-state index contributed by atoms with van der Waals surface area (Å²) in [6.07, 6.45) is 4.44. The van der Waals surface area contributed by atoms with Crippen molar-refractivity contribution in [1.29, 1.82) is 0 Å². The van der Waals surface area contributed by atoms with Crippen molar-refractivity contribution in [3.8, 4) is 0 Å². The SMILES string of the molecule is CCNc1ccncc1S(=O)(=O)N(C)c1ccccn1. The molecule has 2 heterocycles. The van der Waals surface area contributed by atoms with Crippen LogP contribution >= 0.6 is 0 Å². The van der Waals surface area contributed by atoms with Crippen LogP contribution in [-0.2, 0) is 10.0 Å². The van der Waals surface area contributed by atoms with Gasteiger partial charge < -0.3 is 5.32 Å². The molecule has 0 saturated heterocycles. The van der Waals surface area contributed by atoms with Crippen LogP contribution in [0.4, 0.5) is 11.5 Å². The summed E-state index contributed by atoms with van der Waals surface area (Å²) in [7, 11) is -2.23. The van der Waals surface area contributed by atoms with Crippen LogP contribution in [0, 0.1) is 0 Å². The Bertz CT molecular complexity index is 674. The first-order valence-corrected chi connectivity index (χ1v) is 7.59. The number of hydrogen-bond acceptors (Lipinski definition) is 5. The summed E-state index contributed by atoms with van der Waals surface area (Å²) < 4.78 is 26.4. The fraction of sp³-hybridized carbons (Fsp3) is 0.231. The topological polar surface area (TPSA) is 75.2 Å². The van der Waals surface area contributed by atoms with E-state index in [0.29, 0.717) is 18.1 Å². The number of aromatic nitrogens is 2. The minimum absolute atomic E-state index is 0.134. The second kappa shape index (κ2) is 5.87. The van der Waals surface area contributed by atoms with Gasteiger partial charge in [-0.3, -0.25) is 9.29 Å². The van der Waals surface area contributed by atoms with E-state index in [1.165, 1.54) is 13.2 Å². The van der Waals surface area contributed by atoms with Gasteiger partial charge in [0.1, 0.15) is 10.7 Å². The van der Waals surface area contributed by atoms with E-state index in [2.05, 4.69) is 15.3 Å². The van der Waals surface area contributed by atoms with Crippen LogP contribution in [-0.4, -0.2) is 32.0 Å². The van der Waals surface area contributed by atoms with Gasteiger partial charge in [0.15, 0.2) is 0 Å². The zero-order valence-electron chi connectivity index (χ0n) is 11.3. The van der Waals surface area contributed by atoms with Gasteiger partial charge >= 0.3 is 0 Å². The lowest BCUT2D eigenvalue weighted by Gasteiger charge is -2.20. The van der Waals surface area contributed by atoms with E-state index >= 15 is 0 Å². The highest BCUT2D eigenvalue weighted by atomic mass is 32.2. The van der Waals surface area contributed by atoms with Gasteiger partial charge in [0.25, 0.3) is 10.0 Å². The molecule has 0 aliphatic carbocycles. The lowest BCUT2D eigenvalue weighted by atomic mass is 10.4. The van der Waals surface area contributed by atoms with Crippen LogP contribution in [0.15, 0.2) is 47.8 Å². The van der Waals surface area contributed by atoms with Gasteiger partial charge in [0.05, 0.1) is 5.69 Å². The largest absolute Gasteiger partial charge is 0.384 e. The van der Waals surface area contributed by atoms with Crippen molar-refractivity contribution in [1.82, 2.24) is 9.97 Å². The Morgan fingerprint density at radius 1 is 1.25 bits per heavy atom. The molecule has 20 heavy (non-hydrogen) atoms. The normalized spacial score (nSPS) is 11.1. The fourth-order valence-electron chi connectivity index (χ4n) is 1.73. The van der Waals surface area contributed by atoms with Crippen molar-refractivity contribution in [3.05, 3.63) is 42.9 Å². The molecular formula is C13H16N4O2S. The average molecular weight is 292 g/mol. The van der Waals surface area contributed by atoms with Gasteiger partial charge in [-0.25, -0.2) is 13.4 Å². The molecule has 0 unspecified atom stereocenters. The maximum atomic E-state index is 12.6. The predicted octanol–water partition coefficient (Wildman–Crippen LogP) is 1.73. The Hall–Kier alpha value is -2.15. The highest BCUT2D eigenvalue weighted by Crippen LogP contribution is 2.25. The van der Waals surface area contributed by atoms with E-state index in [0.717, 1.165) is 4.31 Å². The van der Waals surface area contributed by atoms with E-state index in [1.807, 2.05) is 6.92 Å². The smallest absolute Gasteiger partial charge is 0.268 e. The van der Waals surface area contributed by atoms with Gasteiger partial charge in [-0.1, -0.05) is 6.07 Å². The molecule has 0 saturated carbocycles. The van der Waals surface area contributed by atoms with Crippen molar-refractivity contribution in [2.45, 2.75) is 11.8 Å². The maximum Gasteiger partial charge on any atom is 0.268 e. The Kier molecular flexibility index (Phi) is 4.19. The number of anilines is 2. The van der Waals surface area contributed by atoms with Crippen LogP contribution in [0.5, 0.6) is 0 Å². The third-order valence-electron chi connectivity index (χ3n) is 2.76. The van der Waals surface area contributed by atoms with Crippen LogP contribution in [0.2, 0.25) is 0 Å². The molecule has 2 aromatic rings. The van der Waals surface area contributed by atoms with Crippen molar-refractivity contribution in [2.24, 2.45) is 0 Å². The summed E-state index contributed by atoms with van der Waals surface area (Å²) in [6, 6.07) is 6.75. The molecule has 2 aromatic heterocycles. The molecule has 7 heteroatoms. The third kappa shape index (κ3) is 2.72. The Morgan fingerprint density at radius 2 is 2.05 bits per heavy atom. The van der Waals surface area contributed by atoms with Crippen molar-refractivity contribution in [2.75, 3.05) is 23.2 Å². The second-order valence-corrected chi connectivity index (χ2v) is 6.00. The Balaban J connectivity index is 2.45. The first-order chi connectivity index (χ1) is 9.57. The van der Waals surface area contributed by atoms with Gasteiger partial charge in [0, 0.05) is 32.2 Å². The van der Waals surface area contributed by atoms with E-state index in [-0.39, 0.29) is 4.90 Å². The van der Waals surface area contributed by atoms with Crippen molar-refractivity contribution >= 4 is 21.5 Å². The first kappa shape index (κ1) is 14.3. The van der Waals surface area contributed by atoms with Crippen LogP contribution in [0.1, 0.15) is 6.92 Å². The average Bonchev–Trinajstić information content (AvgIpc) is 2.48. The summed E-state index contributed by atoms with van der Waals surface area (Å²) >= 11 is 0. The molecule has 2 rings (SSSR count). The predicted molar refractivity (Wildman–Crippen MR) is 78.2 cm³/mol. The number of nitrogens with zero attached hydrogens (tertiary/aromatic N) is 3. The Morgan fingerprint density at radius 3 is 2.70 bits per heavy atom.